The summed E-state index contributed by atoms with van der Waals surface area (Å²) in [6.07, 6.45) is 2.10. The van der Waals surface area contributed by atoms with E-state index in [1.54, 1.807) is 0 Å². The first-order valence-corrected chi connectivity index (χ1v) is 5.87. The molecule has 1 aliphatic carbocycles. The lowest BCUT2D eigenvalue weighted by molar-refractivity contribution is -0.129. The van der Waals surface area contributed by atoms with Crippen LogP contribution in [0.2, 0.25) is 0 Å². The number of benzene rings is 1. The van der Waals surface area contributed by atoms with Crippen molar-refractivity contribution in [1.29, 1.82) is 0 Å². The third-order valence-corrected chi connectivity index (χ3v) is 3.12. The van der Waals surface area contributed by atoms with Gasteiger partial charge in [-0.3, -0.25) is 4.79 Å². The van der Waals surface area contributed by atoms with Crippen LogP contribution in [0.15, 0.2) is 24.3 Å². The highest BCUT2D eigenvalue weighted by molar-refractivity contribution is 5.81. The minimum atomic E-state index is -0.308. The predicted octanol–water partition coefficient (Wildman–Crippen LogP) is 2.84. The molecule has 2 heteroatoms. The quantitative estimate of drug-likeness (QED) is 0.770. The van der Waals surface area contributed by atoms with E-state index < -0.39 is 0 Å². The molecule has 1 amide bonds. The van der Waals surface area contributed by atoms with E-state index in [1.165, 1.54) is 11.1 Å². The fraction of sp³-hybridized carbons (Fsp3) is 0.500. The number of carbonyl (C=O) groups is 1. The third-order valence-electron chi connectivity index (χ3n) is 3.12. The van der Waals surface area contributed by atoms with E-state index >= 15 is 0 Å². The van der Waals surface area contributed by atoms with E-state index in [0.717, 1.165) is 12.8 Å². The molecule has 1 aromatic rings. The minimum Gasteiger partial charge on any atom is -0.349 e. The van der Waals surface area contributed by atoms with Crippen LogP contribution >= 0.6 is 0 Å². The molecule has 2 rings (SSSR count). The van der Waals surface area contributed by atoms with E-state index in [-0.39, 0.29) is 17.4 Å². The molecule has 0 radical (unpaired) electrons. The molecule has 16 heavy (non-hydrogen) atoms. The van der Waals surface area contributed by atoms with Crippen LogP contribution in [0, 0.1) is 5.41 Å². The Balaban J connectivity index is 2.12. The van der Waals surface area contributed by atoms with Crippen molar-refractivity contribution in [3.05, 3.63) is 35.4 Å². The summed E-state index contributed by atoms with van der Waals surface area (Å²) in [4.78, 5) is 11.9. The van der Waals surface area contributed by atoms with Gasteiger partial charge in [0.2, 0.25) is 5.91 Å². The lowest BCUT2D eigenvalue weighted by atomic mass is 9.95. The van der Waals surface area contributed by atoms with Crippen LogP contribution in [0.1, 0.15) is 44.4 Å². The molecule has 0 aliphatic heterocycles. The summed E-state index contributed by atoms with van der Waals surface area (Å²) in [5, 5.41) is 3.14. The molecule has 1 aliphatic rings. The van der Waals surface area contributed by atoms with Crippen LogP contribution in [0.4, 0.5) is 0 Å². The van der Waals surface area contributed by atoms with E-state index in [2.05, 4.69) is 23.5 Å². The van der Waals surface area contributed by atoms with Gasteiger partial charge < -0.3 is 5.32 Å². The van der Waals surface area contributed by atoms with Crippen molar-refractivity contribution in [3.63, 3.8) is 0 Å². The highest BCUT2D eigenvalue weighted by Gasteiger charge is 2.28. The maximum atomic E-state index is 11.9. The van der Waals surface area contributed by atoms with Gasteiger partial charge in [-0.1, -0.05) is 45.0 Å². The molecule has 0 fully saturated rings. The lowest BCUT2D eigenvalue weighted by Crippen LogP contribution is -2.36. The lowest BCUT2D eigenvalue weighted by Gasteiger charge is -2.22. The van der Waals surface area contributed by atoms with Gasteiger partial charge in [0, 0.05) is 5.41 Å². The summed E-state index contributed by atoms with van der Waals surface area (Å²) in [7, 11) is 0. The SMILES string of the molecule is CC(C)(C)C(=O)NC1CCc2ccccc21. The maximum absolute atomic E-state index is 11.9. The van der Waals surface area contributed by atoms with Gasteiger partial charge in [0.25, 0.3) is 0 Å². The molecule has 2 nitrogen and oxygen atoms in total. The number of rotatable bonds is 1. The van der Waals surface area contributed by atoms with Crippen molar-refractivity contribution in [2.75, 3.05) is 0 Å². The molecule has 0 saturated heterocycles. The zero-order valence-electron chi connectivity index (χ0n) is 10.2. The molecule has 0 saturated carbocycles. The van der Waals surface area contributed by atoms with Gasteiger partial charge >= 0.3 is 0 Å². The number of aryl methyl sites for hydroxylation is 1. The summed E-state index contributed by atoms with van der Waals surface area (Å²) in [6.45, 7) is 5.84. The van der Waals surface area contributed by atoms with Gasteiger partial charge in [-0.15, -0.1) is 0 Å². The van der Waals surface area contributed by atoms with Crippen molar-refractivity contribution >= 4 is 5.91 Å². The molecule has 0 bridgehead atoms. The molecule has 1 atom stereocenters. The smallest absolute Gasteiger partial charge is 0.225 e. The average molecular weight is 217 g/mol. The van der Waals surface area contributed by atoms with Crippen molar-refractivity contribution in [1.82, 2.24) is 5.32 Å². The second kappa shape index (κ2) is 3.93. The largest absolute Gasteiger partial charge is 0.349 e. The van der Waals surface area contributed by atoms with E-state index in [1.807, 2.05) is 26.8 Å². The fourth-order valence-corrected chi connectivity index (χ4v) is 2.08. The van der Waals surface area contributed by atoms with Crippen LogP contribution in [-0.2, 0) is 11.2 Å². The first-order valence-electron chi connectivity index (χ1n) is 5.87. The van der Waals surface area contributed by atoms with Crippen molar-refractivity contribution in [2.24, 2.45) is 5.41 Å². The van der Waals surface area contributed by atoms with Crippen LogP contribution in [0.25, 0.3) is 0 Å². The number of amides is 1. The fourth-order valence-electron chi connectivity index (χ4n) is 2.08. The van der Waals surface area contributed by atoms with Gasteiger partial charge in [0.15, 0.2) is 0 Å². The van der Waals surface area contributed by atoms with Crippen molar-refractivity contribution in [3.8, 4) is 0 Å². The van der Waals surface area contributed by atoms with Gasteiger partial charge in [0.1, 0.15) is 0 Å². The van der Waals surface area contributed by atoms with Gasteiger partial charge in [-0.2, -0.15) is 0 Å². The molecule has 0 spiro atoms. The molecule has 1 aromatic carbocycles. The number of hydrogen-bond acceptors (Lipinski definition) is 1. The highest BCUT2D eigenvalue weighted by Crippen LogP contribution is 2.31. The molecule has 0 aromatic heterocycles. The summed E-state index contributed by atoms with van der Waals surface area (Å²) in [6, 6.07) is 8.59. The highest BCUT2D eigenvalue weighted by atomic mass is 16.2. The molecule has 0 heterocycles. The Morgan fingerprint density at radius 1 is 1.31 bits per heavy atom. The Kier molecular flexibility index (Phi) is 2.75. The molecule has 86 valence electrons. The number of nitrogens with one attached hydrogen (secondary N) is 1. The van der Waals surface area contributed by atoms with E-state index in [0.29, 0.717) is 0 Å². The van der Waals surface area contributed by atoms with Gasteiger partial charge in [-0.05, 0) is 24.0 Å². The normalized spacial score (nSPS) is 19.3. The topological polar surface area (TPSA) is 29.1 Å². The van der Waals surface area contributed by atoms with Crippen LogP contribution in [0.5, 0.6) is 0 Å². The van der Waals surface area contributed by atoms with Crippen LogP contribution in [-0.4, -0.2) is 5.91 Å². The Morgan fingerprint density at radius 2 is 2.00 bits per heavy atom. The third kappa shape index (κ3) is 2.11. The summed E-state index contributed by atoms with van der Waals surface area (Å²) in [5.74, 6) is 0.134. The van der Waals surface area contributed by atoms with Crippen LogP contribution in [0.3, 0.4) is 0 Å². The average Bonchev–Trinajstić information content (AvgIpc) is 2.61. The Labute approximate surface area is 97.1 Å². The summed E-state index contributed by atoms with van der Waals surface area (Å²) in [5.41, 5.74) is 2.36. The van der Waals surface area contributed by atoms with Crippen molar-refractivity contribution in [2.45, 2.75) is 39.7 Å². The monoisotopic (exact) mass is 217 g/mol. The first kappa shape index (κ1) is 11.2. The zero-order valence-corrected chi connectivity index (χ0v) is 10.2. The standard InChI is InChI=1S/C14H19NO/c1-14(2,3)13(16)15-12-9-8-10-6-4-5-7-11(10)12/h4-7,12H,8-9H2,1-3H3,(H,15,16). The Bertz CT molecular complexity index is 403. The summed E-state index contributed by atoms with van der Waals surface area (Å²) < 4.78 is 0. The Morgan fingerprint density at radius 3 is 2.69 bits per heavy atom. The minimum absolute atomic E-state index is 0.134. The number of hydrogen-bond donors (Lipinski definition) is 1. The van der Waals surface area contributed by atoms with Gasteiger partial charge in [-0.25, -0.2) is 0 Å². The predicted molar refractivity (Wildman–Crippen MR) is 65.1 cm³/mol. The van der Waals surface area contributed by atoms with Crippen molar-refractivity contribution < 1.29 is 4.79 Å². The number of carbonyl (C=O) groups excluding carboxylic acids is 1. The molecular weight excluding hydrogens is 198 g/mol. The Hall–Kier alpha value is -1.31. The molecular formula is C14H19NO. The second-order valence-corrected chi connectivity index (χ2v) is 5.51. The second-order valence-electron chi connectivity index (χ2n) is 5.51. The van der Waals surface area contributed by atoms with E-state index in [4.69, 9.17) is 0 Å². The first-order chi connectivity index (χ1) is 7.48. The zero-order chi connectivity index (χ0) is 11.8. The summed E-state index contributed by atoms with van der Waals surface area (Å²) >= 11 is 0. The molecule has 1 unspecified atom stereocenters. The van der Waals surface area contributed by atoms with Crippen LogP contribution < -0.4 is 5.32 Å². The van der Waals surface area contributed by atoms with Gasteiger partial charge in [0.05, 0.1) is 6.04 Å². The maximum Gasteiger partial charge on any atom is 0.225 e. The van der Waals surface area contributed by atoms with E-state index in [9.17, 15) is 4.79 Å². The number of fused-ring (bicyclic) bond motifs is 1. The molecule has 1 N–H and O–H groups in total.